The Labute approximate surface area is 121 Å². The maximum atomic E-state index is 11.8. The lowest BCUT2D eigenvalue weighted by atomic mass is 10.1. The second-order valence-electron chi connectivity index (χ2n) is 4.30. The van der Waals surface area contributed by atoms with Crippen molar-refractivity contribution in [1.29, 1.82) is 0 Å². The van der Waals surface area contributed by atoms with E-state index in [1.807, 2.05) is 0 Å². The Hall–Kier alpha value is -2.64. The van der Waals surface area contributed by atoms with Crippen LogP contribution in [0.1, 0.15) is 24.9 Å². The monoisotopic (exact) mass is 295 g/mol. The van der Waals surface area contributed by atoms with Gasteiger partial charge in [-0.25, -0.2) is 9.59 Å². The standard InChI is InChI=1S/C13H17N3O5/c1-8(9-4-3-5-14-7-9)15-13(20)16-10(12(18)19)6-11(17)21-2/h3-5,7-8,10H,6H2,1-2H3,(H,18,19)(H2,15,16,20)/t8?,10-/m0/s1. The van der Waals surface area contributed by atoms with E-state index in [-0.39, 0.29) is 6.04 Å². The number of carbonyl (C=O) groups is 3. The first-order chi connectivity index (χ1) is 9.93. The Balaban J connectivity index is 2.58. The third kappa shape index (κ3) is 5.47. The molecule has 8 heteroatoms. The molecule has 0 fully saturated rings. The zero-order chi connectivity index (χ0) is 15.8. The number of ether oxygens (including phenoxy) is 1. The summed E-state index contributed by atoms with van der Waals surface area (Å²) in [4.78, 5) is 37.7. The van der Waals surface area contributed by atoms with E-state index in [1.54, 1.807) is 31.5 Å². The van der Waals surface area contributed by atoms with E-state index < -0.39 is 30.4 Å². The lowest BCUT2D eigenvalue weighted by Crippen LogP contribution is -2.47. The summed E-state index contributed by atoms with van der Waals surface area (Å²) in [6, 6.07) is 1.11. The fourth-order valence-electron chi connectivity index (χ4n) is 1.56. The average Bonchev–Trinajstić information content (AvgIpc) is 2.47. The van der Waals surface area contributed by atoms with Gasteiger partial charge in [0, 0.05) is 12.4 Å². The highest BCUT2D eigenvalue weighted by Crippen LogP contribution is 2.09. The first-order valence-electron chi connectivity index (χ1n) is 6.20. The molecule has 3 N–H and O–H groups in total. The van der Waals surface area contributed by atoms with Gasteiger partial charge in [0.1, 0.15) is 6.04 Å². The highest BCUT2D eigenvalue weighted by Gasteiger charge is 2.24. The third-order valence-electron chi connectivity index (χ3n) is 2.73. The van der Waals surface area contributed by atoms with Crippen molar-refractivity contribution in [1.82, 2.24) is 15.6 Å². The molecule has 2 atom stereocenters. The molecule has 0 aliphatic heterocycles. The summed E-state index contributed by atoms with van der Waals surface area (Å²) in [6.07, 6.45) is 2.75. The lowest BCUT2D eigenvalue weighted by Gasteiger charge is -2.17. The summed E-state index contributed by atoms with van der Waals surface area (Å²) in [7, 11) is 1.14. The second-order valence-corrected chi connectivity index (χ2v) is 4.30. The number of urea groups is 1. The normalized spacial score (nSPS) is 12.9. The van der Waals surface area contributed by atoms with Gasteiger partial charge in [-0.3, -0.25) is 9.78 Å². The van der Waals surface area contributed by atoms with E-state index >= 15 is 0 Å². The van der Waals surface area contributed by atoms with Crippen LogP contribution in [0.4, 0.5) is 4.79 Å². The van der Waals surface area contributed by atoms with Gasteiger partial charge < -0.3 is 20.5 Å². The lowest BCUT2D eigenvalue weighted by molar-refractivity contribution is -0.147. The number of esters is 1. The van der Waals surface area contributed by atoms with E-state index in [0.29, 0.717) is 0 Å². The van der Waals surface area contributed by atoms with Gasteiger partial charge in [-0.1, -0.05) is 6.07 Å². The maximum absolute atomic E-state index is 11.8. The molecule has 0 bridgehead atoms. The van der Waals surface area contributed by atoms with Crippen molar-refractivity contribution in [2.75, 3.05) is 7.11 Å². The minimum absolute atomic E-state index is 0.355. The Kier molecular flexibility index (Phi) is 6.12. The van der Waals surface area contributed by atoms with E-state index in [0.717, 1.165) is 12.7 Å². The van der Waals surface area contributed by atoms with Crippen molar-refractivity contribution in [3.05, 3.63) is 30.1 Å². The molecule has 8 nitrogen and oxygen atoms in total. The van der Waals surface area contributed by atoms with Crippen molar-refractivity contribution >= 4 is 18.0 Å². The average molecular weight is 295 g/mol. The summed E-state index contributed by atoms with van der Waals surface area (Å²) in [5.41, 5.74) is 0.771. The van der Waals surface area contributed by atoms with Crippen LogP contribution in [0, 0.1) is 0 Å². The van der Waals surface area contributed by atoms with E-state index in [1.165, 1.54) is 0 Å². The Morgan fingerprint density at radius 3 is 2.62 bits per heavy atom. The highest BCUT2D eigenvalue weighted by atomic mass is 16.5. The molecule has 0 aliphatic rings. The van der Waals surface area contributed by atoms with Crippen LogP contribution in [0.3, 0.4) is 0 Å². The molecule has 1 aromatic rings. The van der Waals surface area contributed by atoms with Crippen LogP contribution < -0.4 is 10.6 Å². The number of nitrogens with zero attached hydrogens (tertiary/aromatic N) is 1. The molecule has 0 spiro atoms. The molecule has 114 valence electrons. The summed E-state index contributed by atoms with van der Waals surface area (Å²) in [6.45, 7) is 1.73. The molecule has 1 rings (SSSR count). The van der Waals surface area contributed by atoms with Crippen LogP contribution in [-0.2, 0) is 14.3 Å². The number of carbonyl (C=O) groups excluding carboxylic acids is 2. The van der Waals surface area contributed by atoms with Crippen LogP contribution in [-0.4, -0.2) is 41.2 Å². The molecule has 0 saturated heterocycles. The van der Waals surface area contributed by atoms with E-state index in [4.69, 9.17) is 5.11 Å². The van der Waals surface area contributed by atoms with Crippen molar-refractivity contribution in [2.45, 2.75) is 25.4 Å². The Morgan fingerprint density at radius 1 is 1.38 bits per heavy atom. The Morgan fingerprint density at radius 2 is 2.10 bits per heavy atom. The number of hydrogen-bond donors (Lipinski definition) is 3. The van der Waals surface area contributed by atoms with Crippen LogP contribution >= 0.6 is 0 Å². The van der Waals surface area contributed by atoms with Gasteiger partial charge in [0.25, 0.3) is 0 Å². The van der Waals surface area contributed by atoms with Crippen LogP contribution in [0.5, 0.6) is 0 Å². The van der Waals surface area contributed by atoms with E-state index in [2.05, 4.69) is 20.4 Å². The fraction of sp³-hybridized carbons (Fsp3) is 0.385. The molecular weight excluding hydrogens is 278 g/mol. The quantitative estimate of drug-likeness (QED) is 0.656. The maximum Gasteiger partial charge on any atom is 0.326 e. The smallest absolute Gasteiger partial charge is 0.326 e. The van der Waals surface area contributed by atoms with E-state index in [9.17, 15) is 14.4 Å². The topological polar surface area (TPSA) is 118 Å². The summed E-state index contributed by atoms with van der Waals surface area (Å²) in [5, 5.41) is 13.7. The minimum atomic E-state index is -1.35. The molecule has 2 amide bonds. The van der Waals surface area contributed by atoms with Gasteiger partial charge in [-0.05, 0) is 18.6 Å². The largest absolute Gasteiger partial charge is 0.480 e. The number of nitrogens with one attached hydrogen (secondary N) is 2. The molecule has 21 heavy (non-hydrogen) atoms. The number of carboxylic acids is 1. The fourth-order valence-corrected chi connectivity index (χ4v) is 1.56. The third-order valence-corrected chi connectivity index (χ3v) is 2.73. The van der Waals surface area contributed by atoms with Gasteiger partial charge in [-0.2, -0.15) is 0 Å². The summed E-state index contributed by atoms with van der Waals surface area (Å²) < 4.78 is 4.38. The number of hydrogen-bond acceptors (Lipinski definition) is 5. The van der Waals surface area contributed by atoms with Gasteiger partial charge in [0.15, 0.2) is 0 Å². The summed E-state index contributed by atoms with van der Waals surface area (Å²) in [5.74, 6) is -2.03. The molecular formula is C13H17N3O5. The molecule has 0 aromatic carbocycles. The highest BCUT2D eigenvalue weighted by molar-refractivity contribution is 5.86. The van der Waals surface area contributed by atoms with Crippen molar-refractivity contribution in [3.8, 4) is 0 Å². The number of aromatic nitrogens is 1. The molecule has 0 radical (unpaired) electrons. The zero-order valence-corrected chi connectivity index (χ0v) is 11.7. The van der Waals surface area contributed by atoms with Gasteiger partial charge in [-0.15, -0.1) is 0 Å². The van der Waals surface area contributed by atoms with Crippen LogP contribution in [0.25, 0.3) is 0 Å². The van der Waals surface area contributed by atoms with Crippen molar-refractivity contribution in [3.63, 3.8) is 0 Å². The van der Waals surface area contributed by atoms with Crippen molar-refractivity contribution in [2.24, 2.45) is 0 Å². The predicted molar refractivity (Wildman–Crippen MR) is 72.4 cm³/mol. The van der Waals surface area contributed by atoms with Crippen LogP contribution in [0.2, 0.25) is 0 Å². The Bertz CT molecular complexity index is 506. The first-order valence-corrected chi connectivity index (χ1v) is 6.20. The number of amides is 2. The van der Waals surface area contributed by atoms with Gasteiger partial charge in [0.05, 0.1) is 19.6 Å². The number of pyridine rings is 1. The molecule has 0 aliphatic carbocycles. The molecule has 1 aromatic heterocycles. The van der Waals surface area contributed by atoms with Crippen molar-refractivity contribution < 1.29 is 24.2 Å². The van der Waals surface area contributed by atoms with Gasteiger partial charge in [0.2, 0.25) is 0 Å². The SMILES string of the molecule is COC(=O)C[C@H](NC(=O)NC(C)c1cccnc1)C(=O)O. The molecule has 1 unspecified atom stereocenters. The number of methoxy groups -OCH3 is 1. The molecule has 1 heterocycles. The minimum Gasteiger partial charge on any atom is -0.480 e. The number of carboxylic acid groups (broad SMARTS) is 1. The summed E-state index contributed by atoms with van der Waals surface area (Å²) >= 11 is 0. The molecule has 0 saturated carbocycles. The zero-order valence-electron chi connectivity index (χ0n) is 11.7. The number of rotatable bonds is 6. The number of aliphatic carboxylic acids is 1. The van der Waals surface area contributed by atoms with Crippen LogP contribution in [0.15, 0.2) is 24.5 Å². The predicted octanol–water partition coefficient (Wildman–Crippen LogP) is 0.458. The van der Waals surface area contributed by atoms with Gasteiger partial charge >= 0.3 is 18.0 Å². The second kappa shape index (κ2) is 7.83. The first kappa shape index (κ1) is 16.4.